The van der Waals surface area contributed by atoms with Crippen molar-refractivity contribution in [2.75, 3.05) is 13.7 Å². The number of rotatable bonds is 7. The summed E-state index contributed by atoms with van der Waals surface area (Å²) in [6, 6.07) is 26.9. The molecule has 0 saturated carbocycles. The van der Waals surface area contributed by atoms with Gasteiger partial charge >= 0.3 is 0 Å². The molecule has 0 unspecified atom stereocenters. The Balaban J connectivity index is 2.22. The fourth-order valence-electron chi connectivity index (χ4n) is 3.83. The molecule has 0 aliphatic rings. The molecule has 29 heavy (non-hydrogen) atoms. The Morgan fingerprint density at radius 2 is 1.10 bits per heavy atom. The Hall–Kier alpha value is -2.58. The molecule has 2 heteroatoms. The zero-order chi connectivity index (χ0) is 20.8. The Bertz CT molecular complexity index is 905. The van der Waals surface area contributed by atoms with Gasteiger partial charge in [-0.05, 0) is 39.7 Å². The van der Waals surface area contributed by atoms with E-state index in [2.05, 4.69) is 100 Å². The van der Waals surface area contributed by atoms with Crippen LogP contribution in [0.4, 0.5) is 0 Å². The molecule has 0 heterocycles. The fourth-order valence-corrected chi connectivity index (χ4v) is 3.83. The van der Waals surface area contributed by atoms with E-state index in [9.17, 15) is 0 Å². The first-order valence-electron chi connectivity index (χ1n) is 10.4. The molecule has 1 nitrogen and oxygen atoms in total. The number of hydrogen-bond donors (Lipinski definition) is 0. The van der Waals surface area contributed by atoms with E-state index < -0.39 is 0 Å². The molecule has 0 spiro atoms. The van der Waals surface area contributed by atoms with Gasteiger partial charge in [0.15, 0.2) is 0 Å². The molecule has 0 bridgehead atoms. The quantitative estimate of drug-likeness (QED) is 0.506. The molecule has 3 aromatic carbocycles. The van der Waals surface area contributed by atoms with E-state index in [1.165, 1.54) is 44.2 Å². The van der Waals surface area contributed by atoms with Crippen LogP contribution in [0.25, 0.3) is 5.47 Å². The van der Waals surface area contributed by atoms with E-state index in [0.717, 1.165) is 13.0 Å². The molecular weight excluding hydrogens is 351 g/mol. The smallest absolute Gasteiger partial charge is 0.241 e. The van der Waals surface area contributed by atoms with Crippen molar-refractivity contribution in [3.8, 4) is 0 Å². The van der Waals surface area contributed by atoms with E-state index in [1.54, 1.807) is 7.11 Å². The minimum absolute atomic E-state index is 0.191. The molecule has 0 atom stereocenters. The van der Waals surface area contributed by atoms with Gasteiger partial charge < -0.3 is 4.74 Å². The van der Waals surface area contributed by atoms with Gasteiger partial charge in [0.25, 0.3) is 0 Å². The monoisotopic (exact) mass is 382 g/mol. The van der Waals surface area contributed by atoms with Crippen molar-refractivity contribution in [3.63, 3.8) is 0 Å². The van der Waals surface area contributed by atoms with Gasteiger partial charge in [-0.2, -0.15) is 0 Å². The minimum atomic E-state index is 0.191. The van der Waals surface area contributed by atoms with Crippen LogP contribution < -0.4 is 10.9 Å². The Kier molecular flexibility index (Phi) is 7.11. The normalized spacial score (nSPS) is 11.9. The lowest BCUT2D eigenvalue weighted by atomic mass is 9.34. The number of hydrogen-bond acceptors (Lipinski definition) is 1. The second-order valence-corrected chi connectivity index (χ2v) is 8.06. The van der Waals surface area contributed by atoms with E-state index in [0.29, 0.717) is 0 Å². The van der Waals surface area contributed by atoms with Crippen LogP contribution >= 0.6 is 0 Å². The van der Waals surface area contributed by atoms with Crippen molar-refractivity contribution in [2.45, 2.75) is 34.1 Å². The van der Waals surface area contributed by atoms with Crippen molar-refractivity contribution in [3.05, 3.63) is 101 Å². The number of methoxy groups -OCH3 is 1. The van der Waals surface area contributed by atoms with Crippen molar-refractivity contribution >= 4 is 23.1 Å². The number of ether oxygens (including phenoxy) is 1. The highest BCUT2D eigenvalue weighted by Gasteiger charge is 2.26. The van der Waals surface area contributed by atoms with Gasteiger partial charge in [-0.3, -0.25) is 0 Å². The summed E-state index contributed by atoms with van der Waals surface area (Å²) >= 11 is 0. The van der Waals surface area contributed by atoms with Gasteiger partial charge in [-0.1, -0.05) is 111 Å². The molecular formula is C27H31BO. The Morgan fingerprint density at radius 1 is 0.690 bits per heavy atom. The number of aryl methyl sites for hydroxylation is 3. The summed E-state index contributed by atoms with van der Waals surface area (Å²) in [5.74, 6) is 0. The van der Waals surface area contributed by atoms with Gasteiger partial charge in [0.1, 0.15) is 0 Å². The lowest BCUT2D eigenvalue weighted by Crippen LogP contribution is -2.44. The summed E-state index contributed by atoms with van der Waals surface area (Å²) in [6.07, 6.45) is 0.925. The van der Waals surface area contributed by atoms with Crippen molar-refractivity contribution in [2.24, 2.45) is 0 Å². The second-order valence-electron chi connectivity index (χ2n) is 8.06. The summed E-state index contributed by atoms with van der Waals surface area (Å²) in [7, 11) is 1.77. The molecule has 0 aliphatic carbocycles. The molecule has 3 rings (SSSR count). The van der Waals surface area contributed by atoms with E-state index in [1.807, 2.05) is 0 Å². The summed E-state index contributed by atoms with van der Waals surface area (Å²) in [4.78, 5) is 0. The SMILES string of the molecule is COCC/C(C)=C(\B(c1ccc(C)cc1)c1ccc(C)cc1)c1ccc(C)cc1. The van der Waals surface area contributed by atoms with E-state index in [4.69, 9.17) is 4.74 Å². The lowest BCUT2D eigenvalue weighted by molar-refractivity contribution is 0.202. The van der Waals surface area contributed by atoms with Crippen LogP contribution in [0.2, 0.25) is 0 Å². The van der Waals surface area contributed by atoms with Gasteiger partial charge in [0, 0.05) is 13.7 Å². The maximum absolute atomic E-state index is 5.41. The minimum Gasteiger partial charge on any atom is -0.384 e. The first-order valence-corrected chi connectivity index (χ1v) is 10.4. The predicted molar refractivity (Wildman–Crippen MR) is 128 cm³/mol. The number of benzene rings is 3. The van der Waals surface area contributed by atoms with Gasteiger partial charge in [0.05, 0.1) is 0 Å². The van der Waals surface area contributed by atoms with E-state index >= 15 is 0 Å². The molecule has 0 aromatic heterocycles. The summed E-state index contributed by atoms with van der Waals surface area (Å²) in [6.45, 7) is 9.61. The van der Waals surface area contributed by atoms with Crippen LogP contribution in [0, 0.1) is 20.8 Å². The van der Waals surface area contributed by atoms with Gasteiger partial charge in [-0.15, -0.1) is 0 Å². The maximum Gasteiger partial charge on any atom is 0.241 e. The largest absolute Gasteiger partial charge is 0.384 e. The van der Waals surface area contributed by atoms with Crippen LogP contribution in [0.1, 0.15) is 35.6 Å². The first-order chi connectivity index (χ1) is 14.0. The molecule has 0 fully saturated rings. The molecule has 0 radical (unpaired) electrons. The highest BCUT2D eigenvalue weighted by atomic mass is 16.5. The van der Waals surface area contributed by atoms with E-state index in [-0.39, 0.29) is 6.71 Å². The third-order valence-corrected chi connectivity index (χ3v) is 5.61. The predicted octanol–water partition coefficient (Wildman–Crippen LogP) is 5.27. The summed E-state index contributed by atoms with van der Waals surface area (Å²) in [5.41, 5.74) is 10.6. The summed E-state index contributed by atoms with van der Waals surface area (Å²) < 4.78 is 5.41. The molecule has 0 amide bonds. The lowest BCUT2D eigenvalue weighted by Gasteiger charge is -2.23. The summed E-state index contributed by atoms with van der Waals surface area (Å²) in [5, 5.41) is 0. The van der Waals surface area contributed by atoms with Crippen molar-refractivity contribution in [1.82, 2.24) is 0 Å². The highest BCUT2D eigenvalue weighted by Crippen LogP contribution is 2.25. The molecule has 0 aliphatic heterocycles. The highest BCUT2D eigenvalue weighted by molar-refractivity contribution is 6.99. The van der Waals surface area contributed by atoms with Crippen molar-refractivity contribution in [1.29, 1.82) is 0 Å². The van der Waals surface area contributed by atoms with Gasteiger partial charge in [-0.25, -0.2) is 0 Å². The Morgan fingerprint density at radius 3 is 1.52 bits per heavy atom. The average molecular weight is 382 g/mol. The van der Waals surface area contributed by atoms with Crippen LogP contribution in [0.15, 0.2) is 78.4 Å². The second kappa shape index (κ2) is 9.76. The topological polar surface area (TPSA) is 9.23 Å². The van der Waals surface area contributed by atoms with Crippen LogP contribution in [0.3, 0.4) is 0 Å². The average Bonchev–Trinajstić information content (AvgIpc) is 2.73. The van der Waals surface area contributed by atoms with Crippen LogP contribution in [0.5, 0.6) is 0 Å². The third-order valence-electron chi connectivity index (χ3n) is 5.61. The standard InChI is InChI=1S/C27H31BO/c1-20-6-12-24(13-7-20)27(23(4)18-19-29-5)28(25-14-8-21(2)9-15-25)26-16-10-22(3)11-17-26/h6-17H,18-19H2,1-5H3/b27-23-. The molecule has 0 saturated heterocycles. The van der Waals surface area contributed by atoms with Gasteiger partial charge in [0.2, 0.25) is 6.71 Å². The zero-order valence-corrected chi connectivity index (χ0v) is 18.3. The molecule has 0 N–H and O–H groups in total. The van der Waals surface area contributed by atoms with Crippen LogP contribution in [-0.2, 0) is 4.74 Å². The fraction of sp³-hybridized carbons (Fsp3) is 0.259. The first kappa shape index (κ1) is 21.1. The zero-order valence-electron chi connectivity index (χ0n) is 18.3. The Labute approximate surface area is 176 Å². The third kappa shape index (κ3) is 5.28. The van der Waals surface area contributed by atoms with Crippen molar-refractivity contribution < 1.29 is 4.74 Å². The molecule has 3 aromatic rings. The molecule has 148 valence electrons. The van der Waals surface area contributed by atoms with Crippen LogP contribution in [-0.4, -0.2) is 20.4 Å². The maximum atomic E-state index is 5.41.